The van der Waals surface area contributed by atoms with Crippen LogP contribution in [0, 0.1) is 5.41 Å². The summed E-state index contributed by atoms with van der Waals surface area (Å²) in [4.78, 5) is 17.5. The van der Waals surface area contributed by atoms with Crippen LogP contribution in [0.5, 0.6) is 0 Å². The lowest BCUT2D eigenvalue weighted by Gasteiger charge is -2.36. The Labute approximate surface area is 165 Å². The van der Waals surface area contributed by atoms with Crippen molar-refractivity contribution in [1.29, 1.82) is 0 Å². The van der Waals surface area contributed by atoms with E-state index in [1.54, 1.807) is 12.1 Å². The number of ether oxygens (including phenoxy) is 1. The number of carbonyl (C=O) groups excluding carboxylic acids is 1. The molecule has 26 heavy (non-hydrogen) atoms. The van der Waals surface area contributed by atoms with Crippen LogP contribution in [-0.4, -0.2) is 23.2 Å². The second-order valence-electron chi connectivity index (χ2n) is 7.92. The zero-order valence-corrected chi connectivity index (χ0v) is 17.2. The number of rotatable bonds is 3. The van der Waals surface area contributed by atoms with Gasteiger partial charge in [0, 0.05) is 22.9 Å². The number of alkyl halides is 1. The van der Waals surface area contributed by atoms with Crippen molar-refractivity contribution in [2.75, 3.05) is 5.88 Å². The van der Waals surface area contributed by atoms with E-state index in [1.807, 2.05) is 39.8 Å². The van der Waals surface area contributed by atoms with Crippen molar-refractivity contribution in [3.63, 3.8) is 0 Å². The number of aliphatic imine (C=N–C) groups is 1. The third-order valence-corrected chi connectivity index (χ3v) is 4.85. The summed E-state index contributed by atoms with van der Waals surface area (Å²) < 4.78 is 5.63. The second-order valence-corrected chi connectivity index (χ2v) is 8.62. The monoisotopic (exact) mass is 396 g/mol. The average Bonchev–Trinajstić information content (AvgIpc) is 2.53. The number of benzene rings is 1. The van der Waals surface area contributed by atoms with Crippen molar-refractivity contribution in [3.05, 3.63) is 40.6 Å². The summed E-state index contributed by atoms with van der Waals surface area (Å²) in [5.74, 6) is 0.0137. The highest BCUT2D eigenvalue weighted by molar-refractivity contribution is 6.30. The first-order valence-electron chi connectivity index (χ1n) is 8.64. The van der Waals surface area contributed by atoms with E-state index in [-0.39, 0.29) is 11.8 Å². The van der Waals surface area contributed by atoms with Crippen molar-refractivity contribution >= 4 is 40.6 Å². The van der Waals surface area contributed by atoms with Crippen LogP contribution >= 0.6 is 23.2 Å². The number of nitrogens with zero attached hydrogens (tertiary/aromatic N) is 1. The number of esters is 1. The van der Waals surface area contributed by atoms with E-state index in [0.717, 1.165) is 17.0 Å². The molecule has 0 radical (unpaired) electrons. The minimum atomic E-state index is -0.652. The number of hydrogen-bond donors (Lipinski definition) is 1. The van der Waals surface area contributed by atoms with E-state index in [4.69, 9.17) is 38.7 Å². The minimum Gasteiger partial charge on any atom is -0.460 e. The molecule has 0 saturated heterocycles. The molecule has 6 heteroatoms. The summed E-state index contributed by atoms with van der Waals surface area (Å²) in [5, 5.41) is 0.605. The zero-order valence-electron chi connectivity index (χ0n) is 15.7. The van der Waals surface area contributed by atoms with Gasteiger partial charge in [-0.1, -0.05) is 17.7 Å². The number of hydrogen-bond acceptors (Lipinski definition) is 4. The number of carbonyl (C=O) groups is 1. The number of allylic oxidation sites excluding steroid dienone is 2. The molecular formula is C20H26Cl2N2O2. The summed E-state index contributed by atoms with van der Waals surface area (Å²) in [6, 6.07) is 7.28. The fourth-order valence-electron chi connectivity index (χ4n) is 2.92. The molecule has 1 aromatic rings. The van der Waals surface area contributed by atoms with Gasteiger partial charge in [0.15, 0.2) is 0 Å². The molecule has 1 aliphatic rings. The number of nitrogens with two attached hydrogens (primary N) is 1. The molecule has 0 spiro atoms. The van der Waals surface area contributed by atoms with Gasteiger partial charge in [-0.05, 0) is 64.3 Å². The molecule has 0 bridgehead atoms. The highest BCUT2D eigenvalue weighted by Gasteiger charge is 2.42. The molecule has 0 heterocycles. The van der Waals surface area contributed by atoms with Gasteiger partial charge < -0.3 is 10.5 Å². The standard InChI is InChI=1S/C20H26Cl2N2O2/c1-19(2,3)26-18(25)20(4)9-8-15(16(23)12-21)17(11-20)24-14-7-5-6-13(22)10-14/h5-7,10H,8-9,11-12,23H2,1-4H3/b16-15-,24-17?. The Morgan fingerprint density at radius 1 is 1.38 bits per heavy atom. The molecule has 0 amide bonds. The van der Waals surface area contributed by atoms with Crippen molar-refractivity contribution < 1.29 is 9.53 Å². The van der Waals surface area contributed by atoms with Crippen LogP contribution < -0.4 is 5.73 Å². The summed E-state index contributed by atoms with van der Waals surface area (Å²) in [5.41, 5.74) is 7.93. The van der Waals surface area contributed by atoms with Gasteiger partial charge in [-0.3, -0.25) is 9.79 Å². The molecule has 142 valence electrons. The van der Waals surface area contributed by atoms with E-state index in [9.17, 15) is 4.79 Å². The van der Waals surface area contributed by atoms with Gasteiger partial charge >= 0.3 is 5.97 Å². The molecule has 1 aromatic carbocycles. The first-order chi connectivity index (χ1) is 12.0. The molecular weight excluding hydrogens is 371 g/mol. The lowest BCUT2D eigenvalue weighted by atomic mass is 9.72. The van der Waals surface area contributed by atoms with Crippen LogP contribution in [-0.2, 0) is 9.53 Å². The van der Waals surface area contributed by atoms with E-state index in [2.05, 4.69) is 0 Å². The van der Waals surface area contributed by atoms with E-state index < -0.39 is 11.0 Å². The third kappa shape index (κ3) is 5.24. The predicted octanol–water partition coefficient (Wildman–Crippen LogP) is 5.40. The van der Waals surface area contributed by atoms with Gasteiger partial charge in [-0.25, -0.2) is 0 Å². The lowest BCUT2D eigenvalue weighted by molar-refractivity contribution is -0.166. The van der Waals surface area contributed by atoms with E-state index in [0.29, 0.717) is 30.0 Å². The molecule has 2 N–H and O–H groups in total. The van der Waals surface area contributed by atoms with Crippen LogP contribution in [0.3, 0.4) is 0 Å². The first kappa shape index (κ1) is 20.8. The summed E-state index contributed by atoms with van der Waals surface area (Å²) in [6.45, 7) is 7.53. The van der Waals surface area contributed by atoms with Crippen LogP contribution in [0.25, 0.3) is 0 Å². The van der Waals surface area contributed by atoms with Crippen molar-refractivity contribution in [2.24, 2.45) is 16.1 Å². The van der Waals surface area contributed by atoms with Gasteiger partial charge in [0.05, 0.1) is 17.0 Å². The van der Waals surface area contributed by atoms with Gasteiger partial charge in [-0.2, -0.15) is 0 Å². The smallest absolute Gasteiger partial charge is 0.312 e. The normalized spacial score (nSPS) is 24.5. The molecule has 1 saturated carbocycles. The third-order valence-electron chi connectivity index (χ3n) is 4.33. The highest BCUT2D eigenvalue weighted by Crippen LogP contribution is 2.40. The maximum atomic E-state index is 12.8. The quantitative estimate of drug-likeness (QED) is 0.549. The summed E-state index contributed by atoms with van der Waals surface area (Å²) in [6.07, 6.45) is 1.72. The molecule has 0 aromatic heterocycles. The Morgan fingerprint density at radius 3 is 2.65 bits per heavy atom. The zero-order chi connectivity index (χ0) is 19.5. The molecule has 4 nitrogen and oxygen atoms in total. The topological polar surface area (TPSA) is 64.7 Å². The Hall–Kier alpha value is -1.52. The Balaban J connectivity index is 2.41. The molecule has 1 atom stereocenters. The largest absolute Gasteiger partial charge is 0.460 e. The van der Waals surface area contributed by atoms with E-state index >= 15 is 0 Å². The Bertz CT molecular complexity index is 750. The highest BCUT2D eigenvalue weighted by atomic mass is 35.5. The molecule has 1 unspecified atom stereocenters. The van der Waals surface area contributed by atoms with Crippen molar-refractivity contribution in [3.8, 4) is 0 Å². The molecule has 1 fully saturated rings. The Morgan fingerprint density at radius 2 is 2.08 bits per heavy atom. The second kappa shape index (κ2) is 8.01. The van der Waals surface area contributed by atoms with Crippen molar-refractivity contribution in [2.45, 2.75) is 52.6 Å². The maximum Gasteiger partial charge on any atom is 0.312 e. The molecule has 1 aliphatic carbocycles. The summed E-state index contributed by atoms with van der Waals surface area (Å²) in [7, 11) is 0. The average molecular weight is 397 g/mol. The van der Waals surface area contributed by atoms with Gasteiger partial charge in [0.2, 0.25) is 0 Å². The molecule has 2 rings (SSSR count). The van der Waals surface area contributed by atoms with Crippen LogP contribution in [0.1, 0.15) is 47.0 Å². The van der Waals surface area contributed by atoms with Gasteiger partial charge in [0.25, 0.3) is 0 Å². The van der Waals surface area contributed by atoms with Crippen LogP contribution in [0.2, 0.25) is 5.02 Å². The van der Waals surface area contributed by atoms with Gasteiger partial charge in [0.1, 0.15) is 5.60 Å². The fourth-order valence-corrected chi connectivity index (χ4v) is 3.27. The fraction of sp³-hybridized carbons (Fsp3) is 0.500. The summed E-state index contributed by atoms with van der Waals surface area (Å²) >= 11 is 12.0. The van der Waals surface area contributed by atoms with Gasteiger partial charge in [-0.15, -0.1) is 11.6 Å². The first-order valence-corrected chi connectivity index (χ1v) is 9.56. The number of halogens is 2. The van der Waals surface area contributed by atoms with E-state index in [1.165, 1.54) is 0 Å². The maximum absolute atomic E-state index is 12.8. The molecule has 0 aliphatic heterocycles. The predicted molar refractivity (Wildman–Crippen MR) is 108 cm³/mol. The SMILES string of the molecule is CC(C)(C)OC(=O)C1(C)CC/C(=C(/N)CCl)C(=Nc2cccc(Cl)c2)C1. The minimum absolute atomic E-state index is 0.215. The Kier molecular flexibility index (Phi) is 6.41. The van der Waals surface area contributed by atoms with Crippen LogP contribution in [0.4, 0.5) is 5.69 Å². The lowest BCUT2D eigenvalue weighted by Crippen LogP contribution is -2.40. The van der Waals surface area contributed by atoms with Crippen LogP contribution in [0.15, 0.2) is 40.5 Å². The van der Waals surface area contributed by atoms with Crippen molar-refractivity contribution in [1.82, 2.24) is 0 Å².